The fourth-order valence-electron chi connectivity index (χ4n) is 6.11. The molecular formula is C43H64. The smallest absolute Gasteiger partial charge is 0.00648 e. The minimum absolute atomic E-state index is 0.0465. The van der Waals surface area contributed by atoms with Gasteiger partial charge in [0.15, 0.2) is 0 Å². The van der Waals surface area contributed by atoms with Gasteiger partial charge in [-0.1, -0.05) is 158 Å². The molecule has 0 heterocycles. The van der Waals surface area contributed by atoms with Gasteiger partial charge in [0.25, 0.3) is 0 Å². The van der Waals surface area contributed by atoms with Crippen molar-refractivity contribution in [3.05, 3.63) is 82.4 Å². The van der Waals surface area contributed by atoms with E-state index in [2.05, 4.69) is 158 Å². The van der Waals surface area contributed by atoms with E-state index in [0.29, 0.717) is 0 Å². The van der Waals surface area contributed by atoms with Crippen molar-refractivity contribution in [1.29, 1.82) is 0 Å². The lowest BCUT2D eigenvalue weighted by atomic mass is 9.69. The van der Waals surface area contributed by atoms with E-state index in [9.17, 15) is 0 Å². The molecule has 3 rings (SSSR count). The minimum atomic E-state index is 0.0465. The van der Waals surface area contributed by atoms with Crippen LogP contribution < -0.4 is 0 Å². The van der Waals surface area contributed by atoms with Gasteiger partial charge in [0, 0.05) is 0 Å². The lowest BCUT2D eigenvalue weighted by Gasteiger charge is -2.35. The highest BCUT2D eigenvalue weighted by molar-refractivity contribution is 5.90. The van der Waals surface area contributed by atoms with Crippen LogP contribution in [0.1, 0.15) is 164 Å². The standard InChI is InChI=1S/C43H64/c1-16-39(6,7)30-24-26-32(36(28-30)42(12,13)19-4)33-22-21-23-35(41(10,11)18-3)38(33)34-27-25-31(40(8,9)17-2)29-37(34)43(14,15)20-5/h21-29H,16-20H2,1-15H3. The van der Waals surface area contributed by atoms with E-state index in [4.69, 9.17) is 0 Å². The molecule has 0 atom stereocenters. The summed E-state index contributed by atoms with van der Waals surface area (Å²) in [5.74, 6) is 0. The summed E-state index contributed by atoms with van der Waals surface area (Å²) in [6.07, 6.45) is 5.53. The lowest BCUT2D eigenvalue weighted by Crippen LogP contribution is -2.23. The van der Waals surface area contributed by atoms with Gasteiger partial charge in [-0.3, -0.25) is 0 Å². The van der Waals surface area contributed by atoms with Crippen LogP contribution in [0.4, 0.5) is 0 Å². The fraction of sp³-hybridized carbons (Fsp3) is 0.581. The molecule has 236 valence electrons. The minimum Gasteiger partial charge on any atom is -0.0646 e. The van der Waals surface area contributed by atoms with E-state index in [1.54, 1.807) is 0 Å². The van der Waals surface area contributed by atoms with Crippen molar-refractivity contribution in [3.8, 4) is 22.3 Å². The first-order valence-electron chi connectivity index (χ1n) is 17.3. The summed E-state index contributed by atoms with van der Waals surface area (Å²) in [5, 5.41) is 0. The Morgan fingerprint density at radius 2 is 0.744 bits per heavy atom. The SMILES string of the molecule is CCC(C)(C)c1ccc(-c2cccc(C(C)(C)CC)c2-c2ccc(C(C)(C)CC)cc2C(C)(C)CC)c(C(C)(C)CC)c1. The van der Waals surface area contributed by atoms with Crippen LogP contribution in [0.15, 0.2) is 54.6 Å². The van der Waals surface area contributed by atoms with Crippen molar-refractivity contribution >= 4 is 0 Å². The Morgan fingerprint density at radius 1 is 0.372 bits per heavy atom. The van der Waals surface area contributed by atoms with Crippen LogP contribution in [-0.4, -0.2) is 0 Å². The lowest BCUT2D eigenvalue weighted by molar-refractivity contribution is 0.488. The quantitative estimate of drug-likeness (QED) is 0.200. The van der Waals surface area contributed by atoms with Gasteiger partial charge in [-0.25, -0.2) is 0 Å². The first-order valence-corrected chi connectivity index (χ1v) is 17.3. The molecule has 0 aliphatic carbocycles. The average Bonchev–Trinajstić information content (AvgIpc) is 2.99. The van der Waals surface area contributed by atoms with Crippen LogP contribution in [0, 0.1) is 0 Å². The molecule has 0 saturated carbocycles. The topological polar surface area (TPSA) is 0 Å². The monoisotopic (exact) mass is 581 g/mol. The molecular weight excluding hydrogens is 516 g/mol. The predicted molar refractivity (Wildman–Crippen MR) is 194 cm³/mol. The molecule has 0 nitrogen and oxygen atoms in total. The van der Waals surface area contributed by atoms with Gasteiger partial charge in [0.2, 0.25) is 0 Å². The molecule has 0 N–H and O–H groups in total. The number of hydrogen-bond donors (Lipinski definition) is 0. The Bertz CT molecular complexity index is 1410. The number of hydrogen-bond acceptors (Lipinski definition) is 0. The third-order valence-electron chi connectivity index (χ3n) is 11.8. The molecule has 0 fully saturated rings. The molecule has 0 saturated heterocycles. The third kappa shape index (κ3) is 6.84. The molecule has 0 spiro atoms. The van der Waals surface area contributed by atoms with Gasteiger partial charge >= 0.3 is 0 Å². The molecule has 0 bridgehead atoms. The Hall–Kier alpha value is -2.34. The Labute approximate surface area is 267 Å². The van der Waals surface area contributed by atoms with Gasteiger partial charge in [-0.2, -0.15) is 0 Å². The Balaban J connectivity index is 2.58. The van der Waals surface area contributed by atoms with Crippen molar-refractivity contribution in [1.82, 2.24) is 0 Å². The molecule has 0 aromatic heterocycles. The van der Waals surface area contributed by atoms with Crippen molar-refractivity contribution in [2.24, 2.45) is 0 Å². The Morgan fingerprint density at radius 3 is 1.16 bits per heavy atom. The predicted octanol–water partition coefficient (Wildman–Crippen LogP) is 13.5. The molecule has 0 aliphatic rings. The molecule has 3 aromatic carbocycles. The maximum absolute atomic E-state index is 2.56. The van der Waals surface area contributed by atoms with Crippen LogP contribution in [0.5, 0.6) is 0 Å². The third-order valence-corrected chi connectivity index (χ3v) is 11.8. The van der Waals surface area contributed by atoms with E-state index < -0.39 is 0 Å². The Kier molecular flexibility index (Phi) is 10.3. The second-order valence-corrected chi connectivity index (χ2v) is 16.4. The summed E-state index contributed by atoms with van der Waals surface area (Å²) in [5.41, 5.74) is 13.4. The van der Waals surface area contributed by atoms with E-state index in [0.717, 1.165) is 32.1 Å². The highest BCUT2D eigenvalue weighted by atomic mass is 14.4. The molecule has 0 unspecified atom stereocenters. The zero-order chi connectivity index (χ0) is 32.6. The second-order valence-electron chi connectivity index (χ2n) is 16.4. The van der Waals surface area contributed by atoms with Crippen LogP contribution in [0.25, 0.3) is 22.3 Å². The van der Waals surface area contributed by atoms with E-state index in [1.807, 2.05) is 0 Å². The molecule has 43 heavy (non-hydrogen) atoms. The van der Waals surface area contributed by atoms with Crippen molar-refractivity contribution in [2.75, 3.05) is 0 Å². The van der Waals surface area contributed by atoms with Crippen LogP contribution in [0.2, 0.25) is 0 Å². The van der Waals surface area contributed by atoms with Gasteiger partial charge in [0.05, 0.1) is 0 Å². The van der Waals surface area contributed by atoms with Gasteiger partial charge < -0.3 is 0 Å². The summed E-state index contributed by atoms with van der Waals surface area (Å²) in [6, 6.07) is 22.0. The van der Waals surface area contributed by atoms with Crippen LogP contribution in [-0.2, 0) is 27.1 Å². The highest BCUT2D eigenvalue weighted by Crippen LogP contribution is 2.49. The number of benzene rings is 3. The van der Waals surface area contributed by atoms with Crippen molar-refractivity contribution in [3.63, 3.8) is 0 Å². The molecule has 3 aromatic rings. The van der Waals surface area contributed by atoms with E-state index >= 15 is 0 Å². The molecule has 0 amide bonds. The summed E-state index contributed by atoms with van der Waals surface area (Å²) in [6.45, 7) is 35.8. The maximum atomic E-state index is 2.56. The number of rotatable bonds is 12. The first kappa shape index (κ1) is 35.1. The van der Waals surface area contributed by atoms with Crippen LogP contribution in [0.3, 0.4) is 0 Å². The zero-order valence-electron chi connectivity index (χ0n) is 30.7. The van der Waals surface area contributed by atoms with Crippen LogP contribution >= 0.6 is 0 Å². The summed E-state index contributed by atoms with van der Waals surface area (Å²) in [7, 11) is 0. The van der Waals surface area contributed by atoms with Gasteiger partial charge in [0.1, 0.15) is 0 Å². The maximum Gasteiger partial charge on any atom is -0.00648 e. The van der Waals surface area contributed by atoms with Gasteiger partial charge in [-0.15, -0.1) is 0 Å². The average molecular weight is 581 g/mol. The summed E-state index contributed by atoms with van der Waals surface area (Å²) < 4.78 is 0. The first-order chi connectivity index (χ1) is 19.8. The molecule has 0 aliphatic heterocycles. The second kappa shape index (κ2) is 12.6. The normalized spacial score (nSPS) is 13.5. The molecule has 0 heteroatoms. The fourth-order valence-corrected chi connectivity index (χ4v) is 6.11. The van der Waals surface area contributed by atoms with E-state index in [1.165, 1.54) is 50.1 Å². The largest absolute Gasteiger partial charge is 0.0646 e. The molecule has 0 radical (unpaired) electrons. The van der Waals surface area contributed by atoms with Gasteiger partial charge in [-0.05, 0) is 109 Å². The summed E-state index contributed by atoms with van der Waals surface area (Å²) >= 11 is 0. The zero-order valence-corrected chi connectivity index (χ0v) is 30.7. The summed E-state index contributed by atoms with van der Waals surface area (Å²) in [4.78, 5) is 0. The van der Waals surface area contributed by atoms with E-state index in [-0.39, 0.29) is 27.1 Å². The highest BCUT2D eigenvalue weighted by Gasteiger charge is 2.33. The van der Waals surface area contributed by atoms with Crippen molar-refractivity contribution < 1.29 is 0 Å². The van der Waals surface area contributed by atoms with Crippen molar-refractivity contribution in [2.45, 2.75) is 163 Å².